The molecule has 0 fully saturated rings. The van der Waals surface area contributed by atoms with Gasteiger partial charge in [0.25, 0.3) is 5.91 Å². The predicted octanol–water partition coefficient (Wildman–Crippen LogP) is 3.65. The van der Waals surface area contributed by atoms with Crippen LogP contribution in [0.4, 0.5) is 5.13 Å². The normalized spacial score (nSPS) is 12.7. The molecule has 0 atom stereocenters. The zero-order valence-electron chi connectivity index (χ0n) is 18.5. The Morgan fingerprint density at radius 2 is 1.84 bits per heavy atom. The van der Waals surface area contributed by atoms with Gasteiger partial charge in [0.1, 0.15) is 21.7 Å². The standard InChI is InChI=1S/C23H25N3O5S/c1-25(2)11-12-26(20(27)10-6-15-5-7-16-19(13-15)31-14-30-16)23-24-21-17(28-3)8-9-18(29-4)22(21)32-23/h5-10,13H,11-12,14H2,1-4H3. The van der Waals surface area contributed by atoms with Crippen LogP contribution < -0.4 is 23.8 Å². The predicted molar refractivity (Wildman–Crippen MR) is 125 cm³/mol. The molecule has 4 rings (SSSR count). The number of likely N-dealkylation sites (N-methyl/N-ethyl adjacent to an activating group) is 1. The van der Waals surface area contributed by atoms with Crippen molar-refractivity contribution in [2.24, 2.45) is 0 Å². The molecule has 2 heterocycles. The maximum atomic E-state index is 13.2. The van der Waals surface area contributed by atoms with Gasteiger partial charge in [-0.2, -0.15) is 0 Å². The van der Waals surface area contributed by atoms with Gasteiger partial charge < -0.3 is 23.8 Å². The van der Waals surface area contributed by atoms with Crippen molar-refractivity contribution in [2.45, 2.75) is 0 Å². The summed E-state index contributed by atoms with van der Waals surface area (Å²) in [6, 6.07) is 9.23. The van der Waals surface area contributed by atoms with Crippen molar-refractivity contribution in [3.63, 3.8) is 0 Å². The van der Waals surface area contributed by atoms with Crippen LogP contribution in [0.25, 0.3) is 16.3 Å². The van der Waals surface area contributed by atoms with Crippen LogP contribution >= 0.6 is 11.3 Å². The third-order valence-electron chi connectivity index (χ3n) is 4.98. The van der Waals surface area contributed by atoms with Crippen molar-refractivity contribution < 1.29 is 23.7 Å². The van der Waals surface area contributed by atoms with E-state index in [4.69, 9.17) is 23.9 Å². The molecule has 2 aromatic carbocycles. The Kier molecular flexibility index (Phi) is 6.48. The van der Waals surface area contributed by atoms with E-state index in [0.717, 1.165) is 10.3 Å². The number of nitrogens with zero attached hydrogens (tertiary/aromatic N) is 3. The Labute approximate surface area is 190 Å². The zero-order chi connectivity index (χ0) is 22.7. The molecule has 0 aliphatic carbocycles. The van der Waals surface area contributed by atoms with E-state index in [0.29, 0.717) is 46.7 Å². The highest BCUT2D eigenvalue weighted by atomic mass is 32.1. The summed E-state index contributed by atoms with van der Waals surface area (Å²) in [5, 5.41) is 0.588. The molecule has 0 spiro atoms. The molecule has 8 nitrogen and oxygen atoms in total. The van der Waals surface area contributed by atoms with Crippen LogP contribution in [0.2, 0.25) is 0 Å². The lowest BCUT2D eigenvalue weighted by molar-refractivity contribution is -0.114. The number of anilines is 1. The van der Waals surface area contributed by atoms with Gasteiger partial charge in [-0.15, -0.1) is 0 Å². The second kappa shape index (κ2) is 9.46. The average molecular weight is 456 g/mol. The highest BCUT2D eigenvalue weighted by Gasteiger charge is 2.21. The van der Waals surface area contributed by atoms with Crippen molar-refractivity contribution >= 4 is 38.7 Å². The third kappa shape index (κ3) is 4.49. The summed E-state index contributed by atoms with van der Waals surface area (Å²) in [6.45, 7) is 1.39. The quantitative estimate of drug-likeness (QED) is 0.480. The summed E-state index contributed by atoms with van der Waals surface area (Å²) in [6.07, 6.45) is 3.31. The van der Waals surface area contributed by atoms with Gasteiger partial charge in [0.2, 0.25) is 6.79 Å². The summed E-state index contributed by atoms with van der Waals surface area (Å²) in [5.41, 5.74) is 1.53. The van der Waals surface area contributed by atoms with Crippen LogP contribution in [0.3, 0.4) is 0 Å². The Hall–Kier alpha value is -3.30. The fraction of sp³-hybridized carbons (Fsp3) is 0.304. The van der Waals surface area contributed by atoms with Gasteiger partial charge in [-0.3, -0.25) is 9.69 Å². The Balaban J connectivity index is 1.65. The molecule has 1 amide bonds. The average Bonchev–Trinajstić information content (AvgIpc) is 3.43. The van der Waals surface area contributed by atoms with Crippen LogP contribution in [-0.4, -0.2) is 64.0 Å². The molecule has 1 aromatic heterocycles. The van der Waals surface area contributed by atoms with Crippen LogP contribution in [-0.2, 0) is 4.79 Å². The molecule has 0 bridgehead atoms. The van der Waals surface area contributed by atoms with Crippen LogP contribution in [0, 0.1) is 0 Å². The first kappa shape index (κ1) is 21.9. The first-order chi connectivity index (χ1) is 15.5. The topological polar surface area (TPSA) is 73.4 Å². The number of methoxy groups -OCH3 is 2. The first-order valence-corrected chi connectivity index (χ1v) is 10.9. The third-order valence-corrected chi connectivity index (χ3v) is 6.07. The highest BCUT2D eigenvalue weighted by molar-refractivity contribution is 7.22. The van der Waals surface area contributed by atoms with Gasteiger partial charge in [0.05, 0.1) is 14.2 Å². The van der Waals surface area contributed by atoms with Gasteiger partial charge >= 0.3 is 0 Å². The van der Waals surface area contributed by atoms with Crippen LogP contribution in [0.5, 0.6) is 23.0 Å². The number of hydrogen-bond donors (Lipinski definition) is 0. The molecule has 0 saturated heterocycles. The van der Waals surface area contributed by atoms with Crippen molar-refractivity contribution in [3.8, 4) is 23.0 Å². The monoisotopic (exact) mass is 455 g/mol. The smallest absolute Gasteiger partial charge is 0.252 e. The first-order valence-electron chi connectivity index (χ1n) is 10.1. The number of benzene rings is 2. The number of fused-ring (bicyclic) bond motifs is 2. The maximum absolute atomic E-state index is 13.2. The SMILES string of the molecule is COc1ccc(OC)c2sc(N(CCN(C)C)C(=O)C=Cc3ccc4c(c3)OCO4)nc12. The highest BCUT2D eigenvalue weighted by Crippen LogP contribution is 2.40. The molecule has 1 aliphatic heterocycles. The molecule has 0 unspecified atom stereocenters. The van der Waals surface area contributed by atoms with E-state index in [2.05, 4.69) is 0 Å². The van der Waals surface area contributed by atoms with Crippen molar-refractivity contribution in [2.75, 3.05) is 53.1 Å². The number of rotatable bonds is 8. The largest absolute Gasteiger partial charge is 0.495 e. The molecule has 0 saturated carbocycles. The summed E-state index contributed by atoms with van der Waals surface area (Å²) in [4.78, 5) is 21.6. The lowest BCUT2D eigenvalue weighted by atomic mass is 10.2. The second-order valence-corrected chi connectivity index (χ2v) is 8.36. The molecule has 3 aromatic rings. The minimum atomic E-state index is -0.165. The number of ether oxygens (including phenoxy) is 4. The molecule has 9 heteroatoms. The molecular weight excluding hydrogens is 430 g/mol. The second-order valence-electron chi connectivity index (χ2n) is 7.38. The minimum absolute atomic E-state index is 0.165. The summed E-state index contributed by atoms with van der Waals surface area (Å²) >= 11 is 1.40. The summed E-state index contributed by atoms with van der Waals surface area (Å²) in [7, 11) is 7.15. The van der Waals surface area contributed by atoms with Gasteiger partial charge in [-0.05, 0) is 50.0 Å². The van der Waals surface area contributed by atoms with Crippen LogP contribution in [0.15, 0.2) is 36.4 Å². The van der Waals surface area contributed by atoms with Crippen molar-refractivity contribution in [1.29, 1.82) is 0 Å². The van der Waals surface area contributed by atoms with E-state index in [1.165, 1.54) is 11.3 Å². The van der Waals surface area contributed by atoms with Gasteiger partial charge in [-0.1, -0.05) is 17.4 Å². The zero-order valence-corrected chi connectivity index (χ0v) is 19.3. The number of hydrogen-bond acceptors (Lipinski definition) is 8. The van der Waals surface area contributed by atoms with E-state index in [-0.39, 0.29) is 12.7 Å². The lowest BCUT2D eigenvalue weighted by Gasteiger charge is -2.20. The molecular formula is C23H25N3O5S. The van der Waals surface area contributed by atoms with E-state index in [1.807, 2.05) is 49.3 Å². The number of carbonyl (C=O) groups excluding carboxylic acids is 1. The molecule has 0 radical (unpaired) electrons. The maximum Gasteiger partial charge on any atom is 0.252 e. The van der Waals surface area contributed by atoms with Crippen molar-refractivity contribution in [3.05, 3.63) is 42.0 Å². The summed E-state index contributed by atoms with van der Waals surface area (Å²) < 4.78 is 22.5. The number of carbonyl (C=O) groups is 1. The fourth-order valence-corrected chi connectivity index (χ4v) is 4.37. The Bertz CT molecular complexity index is 1120. The van der Waals surface area contributed by atoms with E-state index >= 15 is 0 Å². The van der Waals surface area contributed by atoms with Crippen molar-refractivity contribution in [1.82, 2.24) is 9.88 Å². The number of thiazole rings is 1. The van der Waals surface area contributed by atoms with Gasteiger partial charge in [0, 0.05) is 19.2 Å². The van der Waals surface area contributed by atoms with E-state index in [1.54, 1.807) is 31.3 Å². The molecule has 1 aliphatic rings. The van der Waals surface area contributed by atoms with E-state index < -0.39 is 0 Å². The van der Waals surface area contributed by atoms with Crippen LogP contribution in [0.1, 0.15) is 5.56 Å². The molecule has 32 heavy (non-hydrogen) atoms. The molecule has 0 N–H and O–H groups in total. The fourth-order valence-electron chi connectivity index (χ4n) is 3.26. The number of amides is 1. The van der Waals surface area contributed by atoms with Gasteiger partial charge in [-0.25, -0.2) is 4.98 Å². The lowest BCUT2D eigenvalue weighted by Crippen LogP contribution is -2.35. The molecule has 168 valence electrons. The Morgan fingerprint density at radius 3 is 2.59 bits per heavy atom. The van der Waals surface area contributed by atoms with E-state index in [9.17, 15) is 4.79 Å². The minimum Gasteiger partial charge on any atom is -0.495 e. The number of aromatic nitrogens is 1. The Morgan fingerprint density at radius 1 is 1.09 bits per heavy atom. The van der Waals surface area contributed by atoms with Gasteiger partial charge in [0.15, 0.2) is 16.6 Å². The summed E-state index contributed by atoms with van der Waals surface area (Å²) in [5.74, 6) is 2.55.